The van der Waals surface area contributed by atoms with Crippen LogP contribution in [-0.4, -0.2) is 9.55 Å². The first-order chi connectivity index (χ1) is 17.4. The average molecular weight is 467 g/mol. The number of hydrogen-bond acceptors (Lipinski definition) is 3. The highest BCUT2D eigenvalue weighted by molar-refractivity contribution is 7.26. The van der Waals surface area contributed by atoms with Crippen molar-refractivity contribution >= 4 is 64.4 Å². The summed E-state index contributed by atoms with van der Waals surface area (Å²) in [5.41, 5.74) is 7.34. The van der Waals surface area contributed by atoms with Gasteiger partial charge in [-0.25, -0.2) is 4.98 Å². The Bertz CT molecular complexity index is 2060. The minimum Gasteiger partial charge on any atom is -0.443 e. The standard InChI is InChI=1S/C31H18N2OS/c1-2-8-19(9-3-1)20-16-26(29-27(17-20)34-18-32-29)33-25-12-6-4-10-21(25)23-14-15-24-22-11-5-7-13-28(22)35-31(24)30(23)33/h1-18H. The molecule has 8 aromatic rings. The van der Waals surface area contributed by atoms with E-state index in [9.17, 15) is 0 Å². The zero-order valence-electron chi connectivity index (χ0n) is 18.6. The molecule has 35 heavy (non-hydrogen) atoms. The van der Waals surface area contributed by atoms with Crippen LogP contribution in [0.2, 0.25) is 0 Å². The number of rotatable bonds is 2. The van der Waals surface area contributed by atoms with Crippen LogP contribution in [0.4, 0.5) is 0 Å². The van der Waals surface area contributed by atoms with Crippen molar-refractivity contribution in [3.8, 4) is 16.8 Å². The number of nitrogens with zero attached hydrogens (tertiary/aromatic N) is 2. The van der Waals surface area contributed by atoms with E-state index < -0.39 is 0 Å². The maximum Gasteiger partial charge on any atom is 0.182 e. The molecule has 0 saturated heterocycles. The molecule has 0 atom stereocenters. The Morgan fingerprint density at radius 2 is 1.43 bits per heavy atom. The number of fused-ring (bicyclic) bond motifs is 8. The molecule has 0 aliphatic carbocycles. The molecule has 0 aliphatic rings. The Morgan fingerprint density at radius 1 is 0.657 bits per heavy atom. The number of hydrogen-bond donors (Lipinski definition) is 0. The smallest absolute Gasteiger partial charge is 0.182 e. The van der Waals surface area contributed by atoms with Gasteiger partial charge in [0.25, 0.3) is 0 Å². The molecule has 0 bridgehead atoms. The van der Waals surface area contributed by atoms with Crippen LogP contribution in [0.1, 0.15) is 0 Å². The fourth-order valence-electron chi connectivity index (χ4n) is 5.40. The van der Waals surface area contributed by atoms with Crippen molar-refractivity contribution in [2.24, 2.45) is 0 Å². The Morgan fingerprint density at radius 3 is 2.34 bits per heavy atom. The van der Waals surface area contributed by atoms with Crippen molar-refractivity contribution < 1.29 is 4.42 Å². The highest BCUT2D eigenvalue weighted by atomic mass is 32.1. The van der Waals surface area contributed by atoms with Crippen molar-refractivity contribution in [2.45, 2.75) is 0 Å². The summed E-state index contributed by atoms with van der Waals surface area (Å²) in [5, 5.41) is 5.08. The Hall–Kier alpha value is -4.41. The molecule has 0 saturated carbocycles. The Labute approximate surface area is 204 Å². The molecule has 8 rings (SSSR count). The number of aromatic nitrogens is 2. The lowest BCUT2D eigenvalue weighted by molar-refractivity contribution is 0.602. The molecule has 4 heteroatoms. The maximum absolute atomic E-state index is 5.86. The van der Waals surface area contributed by atoms with E-state index in [0.29, 0.717) is 0 Å². The minimum atomic E-state index is 0.788. The van der Waals surface area contributed by atoms with Gasteiger partial charge >= 0.3 is 0 Å². The van der Waals surface area contributed by atoms with E-state index in [-0.39, 0.29) is 0 Å². The van der Waals surface area contributed by atoms with Gasteiger partial charge in [0.2, 0.25) is 0 Å². The summed E-state index contributed by atoms with van der Waals surface area (Å²) >= 11 is 1.86. The highest BCUT2D eigenvalue weighted by Crippen LogP contribution is 2.44. The minimum absolute atomic E-state index is 0.788. The molecule has 0 amide bonds. The van der Waals surface area contributed by atoms with E-state index in [1.54, 1.807) is 6.39 Å². The van der Waals surface area contributed by atoms with Gasteiger partial charge in [0, 0.05) is 26.2 Å². The Balaban J connectivity index is 1.59. The van der Waals surface area contributed by atoms with Gasteiger partial charge in [0.15, 0.2) is 12.0 Å². The average Bonchev–Trinajstić information content (AvgIpc) is 3.62. The van der Waals surface area contributed by atoms with Crippen molar-refractivity contribution in [3.05, 3.63) is 110 Å². The Kier molecular flexibility index (Phi) is 3.82. The number of thiophene rings is 1. The lowest BCUT2D eigenvalue weighted by Crippen LogP contribution is -1.96. The zero-order chi connectivity index (χ0) is 22.9. The lowest BCUT2D eigenvalue weighted by Gasteiger charge is -2.11. The summed E-state index contributed by atoms with van der Waals surface area (Å²) in [6.07, 6.45) is 1.55. The predicted octanol–water partition coefficient (Wildman–Crippen LogP) is 8.96. The second kappa shape index (κ2) is 7.05. The molecule has 3 aromatic heterocycles. The summed E-state index contributed by atoms with van der Waals surface area (Å²) in [7, 11) is 0. The molecule has 0 aliphatic heterocycles. The normalized spacial score (nSPS) is 12.0. The van der Waals surface area contributed by atoms with Gasteiger partial charge in [-0.1, -0.05) is 78.9 Å². The van der Waals surface area contributed by atoms with E-state index in [0.717, 1.165) is 27.9 Å². The second-order valence-electron chi connectivity index (χ2n) is 8.85. The van der Waals surface area contributed by atoms with Crippen molar-refractivity contribution in [3.63, 3.8) is 0 Å². The van der Waals surface area contributed by atoms with Gasteiger partial charge in [0.05, 0.1) is 21.4 Å². The SMILES string of the molecule is c1ccc(-c2cc(-n3c4ccccc4c4ccc5c6ccccc6sc5c43)c3ncoc3c2)cc1. The van der Waals surface area contributed by atoms with Crippen LogP contribution in [0.15, 0.2) is 114 Å². The summed E-state index contributed by atoms with van der Waals surface area (Å²) in [6, 6.07) is 36.7. The van der Waals surface area contributed by atoms with Crippen LogP contribution in [0, 0.1) is 0 Å². The molecule has 0 fully saturated rings. The van der Waals surface area contributed by atoms with E-state index in [1.807, 2.05) is 17.4 Å². The van der Waals surface area contributed by atoms with Crippen LogP contribution in [0.5, 0.6) is 0 Å². The second-order valence-corrected chi connectivity index (χ2v) is 9.90. The molecule has 0 radical (unpaired) electrons. The maximum atomic E-state index is 5.86. The molecule has 164 valence electrons. The third-order valence-electron chi connectivity index (χ3n) is 6.94. The first-order valence-electron chi connectivity index (χ1n) is 11.6. The van der Waals surface area contributed by atoms with Crippen molar-refractivity contribution in [1.29, 1.82) is 0 Å². The van der Waals surface area contributed by atoms with Crippen LogP contribution in [0.3, 0.4) is 0 Å². The summed E-state index contributed by atoms with van der Waals surface area (Å²) in [6.45, 7) is 0. The highest BCUT2D eigenvalue weighted by Gasteiger charge is 2.20. The molecular weight excluding hydrogens is 448 g/mol. The summed E-state index contributed by atoms with van der Waals surface area (Å²) < 4.78 is 10.8. The predicted molar refractivity (Wildman–Crippen MR) is 147 cm³/mol. The molecule has 3 heterocycles. The van der Waals surface area contributed by atoms with Gasteiger partial charge < -0.3 is 8.98 Å². The van der Waals surface area contributed by atoms with Gasteiger partial charge in [0.1, 0.15) is 5.52 Å². The monoisotopic (exact) mass is 466 g/mol. The van der Waals surface area contributed by atoms with E-state index in [4.69, 9.17) is 4.42 Å². The first-order valence-corrected chi connectivity index (χ1v) is 12.4. The van der Waals surface area contributed by atoms with E-state index in [1.165, 1.54) is 42.0 Å². The summed E-state index contributed by atoms with van der Waals surface area (Å²) in [4.78, 5) is 4.66. The van der Waals surface area contributed by atoms with Crippen LogP contribution in [0.25, 0.3) is 69.9 Å². The van der Waals surface area contributed by atoms with Crippen LogP contribution in [-0.2, 0) is 0 Å². The third-order valence-corrected chi connectivity index (χ3v) is 8.14. The van der Waals surface area contributed by atoms with E-state index >= 15 is 0 Å². The molecule has 0 N–H and O–H groups in total. The lowest BCUT2D eigenvalue weighted by atomic mass is 10.0. The first kappa shape index (κ1) is 19.0. The van der Waals surface area contributed by atoms with E-state index in [2.05, 4.69) is 107 Å². The van der Waals surface area contributed by atoms with Gasteiger partial charge in [-0.3, -0.25) is 0 Å². The molecule has 0 spiro atoms. The van der Waals surface area contributed by atoms with Crippen molar-refractivity contribution in [2.75, 3.05) is 0 Å². The van der Waals surface area contributed by atoms with Crippen molar-refractivity contribution in [1.82, 2.24) is 9.55 Å². The molecular formula is C31H18N2OS. The van der Waals surface area contributed by atoms with Gasteiger partial charge in [-0.2, -0.15) is 0 Å². The largest absolute Gasteiger partial charge is 0.443 e. The molecule has 3 nitrogen and oxygen atoms in total. The van der Waals surface area contributed by atoms with Gasteiger partial charge in [-0.15, -0.1) is 11.3 Å². The third kappa shape index (κ3) is 2.63. The topological polar surface area (TPSA) is 31.0 Å². The van der Waals surface area contributed by atoms with Crippen LogP contribution >= 0.6 is 11.3 Å². The number of benzene rings is 5. The fourth-order valence-corrected chi connectivity index (χ4v) is 6.64. The number of para-hydroxylation sites is 1. The molecule has 5 aromatic carbocycles. The van der Waals surface area contributed by atoms with Crippen LogP contribution < -0.4 is 0 Å². The number of oxazole rings is 1. The van der Waals surface area contributed by atoms with Gasteiger partial charge in [-0.05, 0) is 35.4 Å². The summed E-state index contributed by atoms with van der Waals surface area (Å²) in [5.74, 6) is 0. The zero-order valence-corrected chi connectivity index (χ0v) is 19.4. The quantitative estimate of drug-likeness (QED) is 0.255. The molecule has 0 unspecified atom stereocenters. The fraction of sp³-hybridized carbons (Fsp3) is 0.